The zero-order valence-corrected chi connectivity index (χ0v) is 12.9. The molecule has 2 atom stereocenters. The Bertz CT molecular complexity index is 728. The third-order valence-electron chi connectivity index (χ3n) is 4.38. The third-order valence-corrected chi connectivity index (χ3v) is 4.38. The lowest BCUT2D eigenvalue weighted by Gasteiger charge is -2.36. The van der Waals surface area contributed by atoms with Crippen LogP contribution in [0.3, 0.4) is 0 Å². The molecule has 0 amide bonds. The number of anilines is 1. The van der Waals surface area contributed by atoms with E-state index in [9.17, 15) is 9.18 Å². The molecule has 22 heavy (non-hydrogen) atoms. The van der Waals surface area contributed by atoms with Gasteiger partial charge in [0.1, 0.15) is 5.82 Å². The van der Waals surface area contributed by atoms with Crippen LogP contribution < -0.4 is 10.9 Å². The SMILES string of the molecule is CN(C)[C@@H]1CCCCC1Nc1nc2ccc(F)cc2c(=O)[nH]1. The van der Waals surface area contributed by atoms with Gasteiger partial charge in [-0.25, -0.2) is 9.37 Å². The fourth-order valence-corrected chi connectivity index (χ4v) is 3.25. The average molecular weight is 304 g/mol. The van der Waals surface area contributed by atoms with Gasteiger partial charge in [-0.2, -0.15) is 0 Å². The number of H-pyrrole nitrogens is 1. The second-order valence-corrected chi connectivity index (χ2v) is 6.14. The van der Waals surface area contributed by atoms with Crippen LogP contribution in [-0.4, -0.2) is 41.0 Å². The van der Waals surface area contributed by atoms with E-state index in [2.05, 4.69) is 34.3 Å². The first-order valence-electron chi connectivity index (χ1n) is 7.67. The van der Waals surface area contributed by atoms with Gasteiger partial charge in [-0.1, -0.05) is 12.8 Å². The molecule has 0 saturated heterocycles. The van der Waals surface area contributed by atoms with Gasteiger partial charge in [-0.3, -0.25) is 9.78 Å². The predicted octanol–water partition coefficient (Wildman–Crippen LogP) is 2.35. The van der Waals surface area contributed by atoms with Crippen LogP contribution in [0, 0.1) is 5.82 Å². The molecule has 1 fully saturated rings. The lowest BCUT2D eigenvalue weighted by Crippen LogP contribution is -2.45. The zero-order chi connectivity index (χ0) is 15.7. The molecule has 1 heterocycles. The van der Waals surface area contributed by atoms with E-state index in [1.54, 1.807) is 0 Å². The second-order valence-electron chi connectivity index (χ2n) is 6.14. The van der Waals surface area contributed by atoms with Gasteiger partial charge >= 0.3 is 0 Å². The Morgan fingerprint density at radius 1 is 1.32 bits per heavy atom. The maximum Gasteiger partial charge on any atom is 0.260 e. The minimum Gasteiger partial charge on any atom is -0.351 e. The van der Waals surface area contributed by atoms with Crippen molar-refractivity contribution in [1.29, 1.82) is 0 Å². The minimum atomic E-state index is -0.430. The van der Waals surface area contributed by atoms with Crippen molar-refractivity contribution in [3.63, 3.8) is 0 Å². The highest BCUT2D eigenvalue weighted by atomic mass is 19.1. The van der Waals surface area contributed by atoms with Crippen LogP contribution in [0.25, 0.3) is 10.9 Å². The Balaban J connectivity index is 1.90. The summed E-state index contributed by atoms with van der Waals surface area (Å²) in [6.45, 7) is 0. The molecule has 3 rings (SSSR count). The quantitative estimate of drug-likeness (QED) is 0.914. The largest absolute Gasteiger partial charge is 0.351 e. The third kappa shape index (κ3) is 2.97. The Morgan fingerprint density at radius 2 is 2.09 bits per heavy atom. The van der Waals surface area contributed by atoms with Crippen LogP contribution in [0.1, 0.15) is 25.7 Å². The van der Waals surface area contributed by atoms with Crippen LogP contribution in [0.2, 0.25) is 0 Å². The maximum atomic E-state index is 13.2. The van der Waals surface area contributed by atoms with Crippen LogP contribution in [0.15, 0.2) is 23.0 Å². The van der Waals surface area contributed by atoms with Gasteiger partial charge < -0.3 is 10.2 Å². The molecule has 6 heteroatoms. The molecule has 0 bridgehead atoms. The first kappa shape index (κ1) is 15.0. The van der Waals surface area contributed by atoms with E-state index in [-0.39, 0.29) is 17.0 Å². The molecular formula is C16H21FN4O. The number of hydrogen-bond acceptors (Lipinski definition) is 4. The summed E-state index contributed by atoms with van der Waals surface area (Å²) in [4.78, 5) is 21.4. The summed E-state index contributed by atoms with van der Waals surface area (Å²) < 4.78 is 13.2. The lowest BCUT2D eigenvalue weighted by molar-refractivity contribution is 0.211. The Hall–Kier alpha value is -1.95. The highest BCUT2D eigenvalue weighted by molar-refractivity contribution is 5.78. The fourth-order valence-electron chi connectivity index (χ4n) is 3.25. The molecule has 5 nitrogen and oxygen atoms in total. The average Bonchev–Trinajstić information content (AvgIpc) is 2.48. The number of halogens is 1. The van der Waals surface area contributed by atoms with Gasteiger partial charge in [0, 0.05) is 12.1 Å². The molecule has 1 unspecified atom stereocenters. The number of hydrogen-bond donors (Lipinski definition) is 2. The normalized spacial score (nSPS) is 22.2. The maximum absolute atomic E-state index is 13.2. The van der Waals surface area contributed by atoms with Gasteiger partial charge in [0.25, 0.3) is 5.56 Å². The van der Waals surface area contributed by atoms with Crippen LogP contribution in [-0.2, 0) is 0 Å². The molecule has 1 aliphatic carbocycles. The first-order chi connectivity index (χ1) is 10.5. The number of fused-ring (bicyclic) bond motifs is 1. The number of likely N-dealkylation sites (N-methyl/N-ethyl adjacent to an activating group) is 1. The molecule has 1 aromatic heterocycles. The molecule has 0 aliphatic heterocycles. The molecule has 118 valence electrons. The summed E-state index contributed by atoms with van der Waals surface area (Å²) in [5, 5.41) is 3.63. The number of rotatable bonds is 3. The molecule has 1 aromatic carbocycles. The van der Waals surface area contributed by atoms with E-state index in [0.717, 1.165) is 12.8 Å². The van der Waals surface area contributed by atoms with Crippen molar-refractivity contribution < 1.29 is 4.39 Å². The van der Waals surface area contributed by atoms with Crippen molar-refractivity contribution in [1.82, 2.24) is 14.9 Å². The second kappa shape index (κ2) is 6.04. The topological polar surface area (TPSA) is 61.0 Å². The molecule has 2 N–H and O–H groups in total. The van der Waals surface area contributed by atoms with Crippen molar-refractivity contribution in [3.05, 3.63) is 34.4 Å². The molecular weight excluding hydrogens is 283 g/mol. The van der Waals surface area contributed by atoms with Crippen molar-refractivity contribution >= 4 is 16.9 Å². The summed E-state index contributed by atoms with van der Waals surface area (Å²) >= 11 is 0. The number of benzene rings is 1. The summed E-state index contributed by atoms with van der Waals surface area (Å²) in [6.07, 6.45) is 4.58. The molecule has 1 aliphatic rings. The van der Waals surface area contributed by atoms with Crippen LogP contribution >= 0.6 is 0 Å². The van der Waals surface area contributed by atoms with Crippen molar-refractivity contribution in [3.8, 4) is 0 Å². The van der Waals surface area contributed by atoms with Gasteiger partial charge in [0.05, 0.1) is 10.9 Å². The fraction of sp³-hybridized carbons (Fsp3) is 0.500. The Labute approximate surface area is 128 Å². The van der Waals surface area contributed by atoms with E-state index in [1.165, 1.54) is 31.0 Å². The van der Waals surface area contributed by atoms with Crippen molar-refractivity contribution in [2.24, 2.45) is 0 Å². The summed E-state index contributed by atoms with van der Waals surface area (Å²) in [5.74, 6) is 0.0309. The smallest absolute Gasteiger partial charge is 0.260 e. The molecule has 0 radical (unpaired) electrons. The van der Waals surface area contributed by atoms with Gasteiger partial charge in [-0.15, -0.1) is 0 Å². The summed E-state index contributed by atoms with van der Waals surface area (Å²) in [6, 6.07) is 4.75. The van der Waals surface area contributed by atoms with E-state index >= 15 is 0 Å². The van der Waals surface area contributed by atoms with Gasteiger partial charge in [0.15, 0.2) is 0 Å². The van der Waals surface area contributed by atoms with E-state index in [0.29, 0.717) is 17.5 Å². The predicted molar refractivity (Wildman–Crippen MR) is 85.7 cm³/mol. The monoisotopic (exact) mass is 304 g/mol. The lowest BCUT2D eigenvalue weighted by atomic mass is 9.89. The Morgan fingerprint density at radius 3 is 2.86 bits per heavy atom. The minimum absolute atomic E-state index is 0.254. The number of nitrogens with zero attached hydrogens (tertiary/aromatic N) is 2. The van der Waals surface area contributed by atoms with E-state index < -0.39 is 5.82 Å². The number of nitrogens with one attached hydrogen (secondary N) is 2. The molecule has 2 aromatic rings. The summed E-state index contributed by atoms with van der Waals surface area (Å²) in [5.41, 5.74) is 0.189. The van der Waals surface area contributed by atoms with Crippen LogP contribution in [0.5, 0.6) is 0 Å². The summed E-state index contributed by atoms with van der Waals surface area (Å²) in [7, 11) is 4.15. The van der Waals surface area contributed by atoms with Crippen molar-refractivity contribution in [2.75, 3.05) is 19.4 Å². The van der Waals surface area contributed by atoms with Gasteiger partial charge in [-0.05, 0) is 45.1 Å². The first-order valence-corrected chi connectivity index (χ1v) is 7.67. The number of aromatic nitrogens is 2. The van der Waals surface area contributed by atoms with E-state index in [1.807, 2.05) is 0 Å². The van der Waals surface area contributed by atoms with Crippen LogP contribution in [0.4, 0.5) is 10.3 Å². The Kier molecular flexibility index (Phi) is 4.11. The van der Waals surface area contributed by atoms with E-state index in [4.69, 9.17) is 0 Å². The van der Waals surface area contributed by atoms with Crippen molar-refractivity contribution in [2.45, 2.75) is 37.8 Å². The molecule has 1 saturated carbocycles. The highest BCUT2D eigenvalue weighted by Gasteiger charge is 2.27. The zero-order valence-electron chi connectivity index (χ0n) is 12.9. The molecule has 0 spiro atoms. The standard InChI is InChI=1S/C16H21FN4O/c1-21(2)14-6-4-3-5-13(14)19-16-18-12-8-7-10(17)9-11(12)15(22)20-16/h7-9,13-14H,3-6H2,1-2H3,(H2,18,19,20,22)/t13?,14-/m1/s1. The number of aromatic amines is 1. The van der Waals surface area contributed by atoms with Gasteiger partial charge in [0.2, 0.25) is 5.95 Å². The highest BCUT2D eigenvalue weighted by Crippen LogP contribution is 2.24.